The van der Waals surface area contributed by atoms with Crippen LogP contribution in [0.25, 0.3) is 0 Å². The lowest BCUT2D eigenvalue weighted by Gasteiger charge is -2.16. The number of benzene rings is 1. The van der Waals surface area contributed by atoms with Crippen molar-refractivity contribution >= 4 is 5.97 Å². The normalized spacial score (nSPS) is 25.6. The van der Waals surface area contributed by atoms with E-state index in [1.54, 1.807) is 12.1 Å². The van der Waals surface area contributed by atoms with E-state index in [-0.39, 0.29) is 17.6 Å². The van der Waals surface area contributed by atoms with Gasteiger partial charge >= 0.3 is 12.6 Å². The number of nitrogens with zero attached hydrogens (tertiary/aromatic N) is 1. The molecule has 1 heterocycles. The zero-order valence-electron chi connectivity index (χ0n) is 12.1. The molecule has 1 aromatic rings. The molecule has 4 nitrogen and oxygen atoms in total. The predicted octanol–water partition coefficient (Wildman–Crippen LogP) is 2.83. The lowest BCUT2D eigenvalue weighted by atomic mass is 9.92. The highest BCUT2D eigenvalue weighted by Gasteiger charge is 2.45. The standard InChI is InChI=1S/C16H19F2NO3/c17-16(18)22-12-3-1-2-10(6-12)7-19-8-13(11-4-5-11)14(9-19)15(20)21/h1-3,6,11,13-14,16H,4-5,7-9H2,(H,20,21)/t13-,14+/m0/s1. The number of rotatable bonds is 6. The van der Waals surface area contributed by atoms with Crippen LogP contribution in [0.5, 0.6) is 5.75 Å². The van der Waals surface area contributed by atoms with Gasteiger partial charge in [0.05, 0.1) is 5.92 Å². The summed E-state index contributed by atoms with van der Waals surface area (Å²) in [5, 5.41) is 9.36. The van der Waals surface area contributed by atoms with Gasteiger partial charge in [-0.3, -0.25) is 9.69 Å². The highest BCUT2D eigenvalue weighted by molar-refractivity contribution is 5.71. The number of carboxylic acids is 1. The fourth-order valence-electron chi connectivity index (χ4n) is 3.38. The highest BCUT2D eigenvalue weighted by Crippen LogP contribution is 2.44. The Morgan fingerprint density at radius 1 is 1.36 bits per heavy atom. The van der Waals surface area contributed by atoms with E-state index in [1.807, 2.05) is 6.07 Å². The Morgan fingerprint density at radius 3 is 2.77 bits per heavy atom. The van der Waals surface area contributed by atoms with Crippen LogP contribution in [0.15, 0.2) is 24.3 Å². The topological polar surface area (TPSA) is 49.8 Å². The molecular formula is C16H19F2NO3. The van der Waals surface area contributed by atoms with Crippen molar-refractivity contribution < 1.29 is 23.4 Å². The van der Waals surface area contributed by atoms with Crippen molar-refractivity contribution in [3.63, 3.8) is 0 Å². The molecule has 22 heavy (non-hydrogen) atoms. The number of likely N-dealkylation sites (tertiary alicyclic amines) is 1. The minimum Gasteiger partial charge on any atom is -0.481 e. The third-order valence-corrected chi connectivity index (χ3v) is 4.52. The van der Waals surface area contributed by atoms with Crippen molar-refractivity contribution in [3.8, 4) is 5.75 Å². The zero-order chi connectivity index (χ0) is 15.7. The molecule has 0 spiro atoms. The molecule has 1 aromatic carbocycles. The van der Waals surface area contributed by atoms with Crippen LogP contribution in [0.3, 0.4) is 0 Å². The van der Waals surface area contributed by atoms with Crippen molar-refractivity contribution in [3.05, 3.63) is 29.8 Å². The second-order valence-corrected chi connectivity index (χ2v) is 6.17. The summed E-state index contributed by atoms with van der Waals surface area (Å²) in [5.41, 5.74) is 0.860. The third-order valence-electron chi connectivity index (χ3n) is 4.52. The summed E-state index contributed by atoms with van der Waals surface area (Å²) in [4.78, 5) is 13.5. The molecule has 0 radical (unpaired) electrons. The molecule has 6 heteroatoms. The van der Waals surface area contributed by atoms with Gasteiger partial charge in [-0.05, 0) is 42.4 Å². The summed E-state index contributed by atoms with van der Waals surface area (Å²) in [6.07, 6.45) is 2.25. The van der Waals surface area contributed by atoms with Crippen molar-refractivity contribution in [1.82, 2.24) is 4.90 Å². The van der Waals surface area contributed by atoms with E-state index >= 15 is 0 Å². The first-order chi connectivity index (χ1) is 10.5. The second kappa shape index (κ2) is 6.20. The van der Waals surface area contributed by atoms with E-state index in [2.05, 4.69) is 9.64 Å². The number of hydrogen-bond acceptors (Lipinski definition) is 3. The van der Waals surface area contributed by atoms with E-state index < -0.39 is 12.6 Å². The predicted molar refractivity (Wildman–Crippen MR) is 75.7 cm³/mol. The minimum absolute atomic E-state index is 0.139. The third kappa shape index (κ3) is 3.55. The van der Waals surface area contributed by atoms with Gasteiger partial charge in [-0.2, -0.15) is 8.78 Å². The van der Waals surface area contributed by atoms with Gasteiger partial charge in [-0.1, -0.05) is 12.1 Å². The average molecular weight is 311 g/mol. The van der Waals surface area contributed by atoms with E-state index in [0.29, 0.717) is 19.0 Å². The molecule has 1 saturated heterocycles. The summed E-state index contributed by atoms with van der Waals surface area (Å²) in [6.45, 7) is -0.983. The number of halogens is 2. The molecule has 1 aliphatic heterocycles. The van der Waals surface area contributed by atoms with Crippen molar-refractivity contribution in [2.75, 3.05) is 13.1 Å². The Bertz CT molecular complexity index is 548. The SMILES string of the molecule is O=C(O)[C@@H]1CN(Cc2cccc(OC(F)F)c2)C[C@H]1C1CC1. The molecule has 2 aliphatic rings. The zero-order valence-corrected chi connectivity index (χ0v) is 12.1. The lowest BCUT2D eigenvalue weighted by Crippen LogP contribution is -2.24. The number of hydrogen-bond donors (Lipinski definition) is 1. The maximum Gasteiger partial charge on any atom is 0.387 e. The number of ether oxygens (including phenoxy) is 1. The van der Waals surface area contributed by atoms with Gasteiger partial charge in [0.1, 0.15) is 5.75 Å². The summed E-state index contributed by atoms with van der Waals surface area (Å²) in [5.74, 6) is -0.139. The Kier molecular flexibility index (Phi) is 4.29. The monoisotopic (exact) mass is 311 g/mol. The van der Waals surface area contributed by atoms with Crippen LogP contribution in [0.2, 0.25) is 0 Å². The lowest BCUT2D eigenvalue weighted by molar-refractivity contribution is -0.142. The first-order valence-electron chi connectivity index (χ1n) is 7.52. The highest BCUT2D eigenvalue weighted by atomic mass is 19.3. The van der Waals surface area contributed by atoms with Gasteiger partial charge in [0.15, 0.2) is 0 Å². The van der Waals surface area contributed by atoms with Gasteiger partial charge in [0.2, 0.25) is 0 Å². The second-order valence-electron chi connectivity index (χ2n) is 6.17. The average Bonchev–Trinajstić information content (AvgIpc) is 3.19. The summed E-state index contributed by atoms with van der Waals surface area (Å²) in [6, 6.07) is 6.60. The van der Waals surface area contributed by atoms with Crippen molar-refractivity contribution in [2.24, 2.45) is 17.8 Å². The minimum atomic E-state index is -2.84. The van der Waals surface area contributed by atoms with Crippen molar-refractivity contribution in [1.29, 1.82) is 0 Å². The molecule has 0 aromatic heterocycles. The smallest absolute Gasteiger partial charge is 0.387 e. The van der Waals surface area contributed by atoms with Gasteiger partial charge in [0.25, 0.3) is 0 Å². The van der Waals surface area contributed by atoms with E-state index in [9.17, 15) is 18.7 Å². The molecule has 0 amide bonds. The molecule has 1 aliphatic carbocycles. The molecular weight excluding hydrogens is 292 g/mol. The number of carbonyl (C=O) groups is 1. The van der Waals surface area contributed by atoms with Gasteiger partial charge in [-0.15, -0.1) is 0 Å². The van der Waals surface area contributed by atoms with Gasteiger partial charge in [-0.25, -0.2) is 0 Å². The van der Waals surface area contributed by atoms with Crippen LogP contribution in [-0.2, 0) is 11.3 Å². The molecule has 2 atom stereocenters. The first-order valence-corrected chi connectivity index (χ1v) is 7.52. The fourth-order valence-corrected chi connectivity index (χ4v) is 3.38. The summed E-state index contributed by atoms with van der Waals surface area (Å²) >= 11 is 0. The summed E-state index contributed by atoms with van der Waals surface area (Å²) < 4.78 is 28.9. The Balaban J connectivity index is 1.64. The molecule has 1 saturated carbocycles. The maximum atomic E-state index is 12.2. The van der Waals surface area contributed by atoms with Gasteiger partial charge in [0, 0.05) is 19.6 Å². The molecule has 1 N–H and O–H groups in total. The maximum absolute atomic E-state index is 12.2. The number of alkyl halides is 2. The van der Waals surface area contributed by atoms with Crippen LogP contribution in [0.4, 0.5) is 8.78 Å². The van der Waals surface area contributed by atoms with Crippen LogP contribution in [0, 0.1) is 17.8 Å². The molecule has 0 unspecified atom stereocenters. The number of aliphatic carboxylic acids is 1. The molecule has 3 rings (SSSR count). The van der Waals surface area contributed by atoms with Crippen LogP contribution < -0.4 is 4.74 Å². The van der Waals surface area contributed by atoms with E-state index in [4.69, 9.17) is 0 Å². The Morgan fingerprint density at radius 2 is 2.14 bits per heavy atom. The van der Waals surface area contributed by atoms with Gasteiger partial charge < -0.3 is 9.84 Å². The molecule has 0 bridgehead atoms. The Hall–Kier alpha value is -1.69. The van der Waals surface area contributed by atoms with Crippen LogP contribution in [-0.4, -0.2) is 35.7 Å². The first kappa shape index (κ1) is 15.2. The largest absolute Gasteiger partial charge is 0.481 e. The van der Waals surface area contributed by atoms with Crippen LogP contribution >= 0.6 is 0 Å². The van der Waals surface area contributed by atoms with E-state index in [0.717, 1.165) is 24.9 Å². The van der Waals surface area contributed by atoms with Crippen LogP contribution in [0.1, 0.15) is 18.4 Å². The quantitative estimate of drug-likeness (QED) is 0.877. The van der Waals surface area contributed by atoms with E-state index in [1.165, 1.54) is 6.07 Å². The molecule has 2 fully saturated rings. The molecule has 120 valence electrons. The number of carboxylic acid groups (broad SMARTS) is 1. The fraction of sp³-hybridized carbons (Fsp3) is 0.562. The summed E-state index contributed by atoms with van der Waals surface area (Å²) in [7, 11) is 0. The van der Waals surface area contributed by atoms with Crippen molar-refractivity contribution in [2.45, 2.75) is 26.0 Å². The Labute approximate surface area is 127 Å².